The van der Waals surface area contributed by atoms with Crippen LogP contribution in [0.5, 0.6) is 0 Å². The third-order valence-electron chi connectivity index (χ3n) is 2.44. The Labute approximate surface area is 113 Å². The molecule has 0 fully saturated rings. The summed E-state index contributed by atoms with van der Waals surface area (Å²) < 4.78 is 50.6. The number of nitro groups is 1. The number of halogens is 2. The minimum Gasteiger partial charge on any atom is -0.390 e. The topological polar surface area (TPSA) is 110 Å². The molecule has 0 heterocycles. The molecule has 2 N–H and O–H groups in total. The van der Waals surface area contributed by atoms with E-state index in [0.717, 1.165) is 12.1 Å². The van der Waals surface area contributed by atoms with E-state index in [0.29, 0.717) is 0 Å². The van der Waals surface area contributed by atoms with Crippen LogP contribution in [0, 0.1) is 17.0 Å². The summed E-state index contributed by atoms with van der Waals surface area (Å²) in [6.07, 6.45) is 0. The maximum absolute atomic E-state index is 12.8. The molecule has 0 saturated heterocycles. The van der Waals surface area contributed by atoms with Gasteiger partial charge in [-0.3, -0.25) is 10.1 Å². The van der Waals surface area contributed by atoms with Crippen LogP contribution in [-0.4, -0.2) is 37.5 Å². The first-order valence-electron chi connectivity index (χ1n) is 5.32. The van der Waals surface area contributed by atoms with Gasteiger partial charge in [-0.2, -0.15) is 0 Å². The minimum atomic E-state index is -4.32. The van der Waals surface area contributed by atoms with Gasteiger partial charge >= 0.3 is 0 Å². The number of nitrogens with zero attached hydrogens (tertiary/aromatic N) is 1. The van der Waals surface area contributed by atoms with Crippen LogP contribution in [-0.2, 0) is 10.0 Å². The van der Waals surface area contributed by atoms with Crippen molar-refractivity contribution in [3.8, 4) is 0 Å². The van der Waals surface area contributed by atoms with Gasteiger partial charge in [0, 0.05) is 11.6 Å². The van der Waals surface area contributed by atoms with Crippen molar-refractivity contribution < 1.29 is 27.2 Å². The summed E-state index contributed by atoms with van der Waals surface area (Å²) in [5.74, 6) is -3.61. The van der Waals surface area contributed by atoms with Crippen molar-refractivity contribution in [2.75, 3.05) is 13.2 Å². The molecule has 20 heavy (non-hydrogen) atoms. The summed E-state index contributed by atoms with van der Waals surface area (Å²) in [6.45, 7) is -1.39. The summed E-state index contributed by atoms with van der Waals surface area (Å²) in [5.41, 5.74) is -0.184. The summed E-state index contributed by atoms with van der Waals surface area (Å²) in [5, 5.41) is 19.0. The van der Waals surface area contributed by atoms with Crippen molar-refractivity contribution in [2.45, 2.75) is 17.7 Å². The number of sulfonamides is 1. The van der Waals surface area contributed by atoms with Crippen LogP contribution in [0.2, 0.25) is 0 Å². The Hall–Kier alpha value is -1.65. The van der Waals surface area contributed by atoms with Gasteiger partial charge in [0.15, 0.2) is 0 Å². The second kappa shape index (κ2) is 5.77. The van der Waals surface area contributed by atoms with E-state index in [9.17, 15) is 27.3 Å². The molecular weight excluding hydrogens is 298 g/mol. The van der Waals surface area contributed by atoms with Gasteiger partial charge in [-0.05, 0) is 13.0 Å². The summed E-state index contributed by atoms with van der Waals surface area (Å²) >= 11 is 0. The van der Waals surface area contributed by atoms with E-state index in [1.165, 1.54) is 13.0 Å². The highest BCUT2D eigenvalue weighted by Crippen LogP contribution is 2.22. The van der Waals surface area contributed by atoms with Gasteiger partial charge in [0.05, 0.1) is 16.4 Å². The fourth-order valence-electron chi connectivity index (χ4n) is 1.29. The lowest BCUT2D eigenvalue weighted by Gasteiger charge is -2.14. The number of rotatable bonds is 6. The third kappa shape index (κ3) is 3.92. The van der Waals surface area contributed by atoms with Crippen molar-refractivity contribution in [1.29, 1.82) is 0 Å². The smallest absolute Gasteiger partial charge is 0.283 e. The maximum atomic E-state index is 12.8. The van der Waals surface area contributed by atoms with Crippen molar-refractivity contribution in [2.24, 2.45) is 0 Å². The molecule has 0 bridgehead atoms. The Bertz CT molecular complexity index is 618. The lowest BCUT2D eigenvalue weighted by atomic mass is 10.2. The van der Waals surface area contributed by atoms with E-state index in [2.05, 4.69) is 0 Å². The molecular formula is C10H12F2N2O5S. The standard InChI is InChI=1S/C10H12F2N2O5S/c1-7-2-3-8(4-9(7)14(16)17)20(18,19)13-5-10(11,12)6-15/h2-4,13,15H,5-6H2,1H3. The maximum Gasteiger partial charge on any atom is 0.283 e. The third-order valence-corrected chi connectivity index (χ3v) is 3.84. The summed E-state index contributed by atoms with van der Waals surface area (Å²) in [7, 11) is -4.32. The molecule has 0 spiro atoms. The van der Waals surface area contributed by atoms with Crippen LogP contribution in [0.25, 0.3) is 0 Å². The highest BCUT2D eigenvalue weighted by Gasteiger charge is 2.30. The van der Waals surface area contributed by atoms with E-state index in [4.69, 9.17) is 5.11 Å². The second-order valence-corrected chi connectivity index (χ2v) is 5.81. The normalized spacial score (nSPS) is 12.4. The van der Waals surface area contributed by atoms with Crippen molar-refractivity contribution in [3.63, 3.8) is 0 Å². The van der Waals surface area contributed by atoms with Crippen molar-refractivity contribution in [3.05, 3.63) is 33.9 Å². The molecule has 1 rings (SSSR count). The van der Waals surface area contributed by atoms with E-state index in [1.54, 1.807) is 4.72 Å². The number of alkyl halides is 2. The molecule has 0 unspecified atom stereocenters. The monoisotopic (exact) mass is 310 g/mol. The van der Waals surface area contributed by atoms with Crippen LogP contribution in [0.1, 0.15) is 5.56 Å². The number of aliphatic hydroxyl groups excluding tert-OH is 1. The molecule has 0 amide bonds. The lowest BCUT2D eigenvalue weighted by Crippen LogP contribution is -2.38. The first kappa shape index (κ1) is 16.4. The molecule has 0 radical (unpaired) electrons. The molecule has 0 aliphatic carbocycles. The fourth-order valence-corrected chi connectivity index (χ4v) is 2.37. The van der Waals surface area contributed by atoms with Gasteiger partial charge in [-0.15, -0.1) is 0 Å². The number of aryl methyl sites for hydroxylation is 1. The Morgan fingerprint density at radius 3 is 2.55 bits per heavy atom. The Morgan fingerprint density at radius 2 is 2.05 bits per heavy atom. The summed E-state index contributed by atoms with van der Waals surface area (Å²) in [6, 6.07) is 3.06. The van der Waals surface area contributed by atoms with Gasteiger partial charge in [-0.25, -0.2) is 21.9 Å². The molecule has 0 saturated carbocycles. The SMILES string of the molecule is Cc1ccc(S(=O)(=O)NCC(F)(F)CO)cc1[N+](=O)[O-]. The molecule has 0 aromatic heterocycles. The zero-order valence-corrected chi connectivity index (χ0v) is 11.2. The number of benzene rings is 1. The van der Waals surface area contributed by atoms with Crippen LogP contribution in [0.4, 0.5) is 14.5 Å². The van der Waals surface area contributed by atoms with Gasteiger partial charge in [-0.1, -0.05) is 6.07 Å². The lowest BCUT2D eigenvalue weighted by molar-refractivity contribution is -0.385. The first-order chi connectivity index (χ1) is 9.09. The average Bonchev–Trinajstić information content (AvgIpc) is 2.36. The van der Waals surface area contributed by atoms with Gasteiger partial charge in [0.2, 0.25) is 10.0 Å². The van der Waals surface area contributed by atoms with Crippen molar-refractivity contribution >= 4 is 15.7 Å². The number of hydrogen-bond donors (Lipinski definition) is 2. The van der Waals surface area contributed by atoms with E-state index < -0.39 is 44.6 Å². The highest BCUT2D eigenvalue weighted by atomic mass is 32.2. The minimum absolute atomic E-state index is 0.245. The Kier molecular flexibility index (Phi) is 4.73. The van der Waals surface area contributed by atoms with E-state index >= 15 is 0 Å². The second-order valence-electron chi connectivity index (χ2n) is 4.04. The van der Waals surface area contributed by atoms with Gasteiger partial charge < -0.3 is 5.11 Å². The Morgan fingerprint density at radius 1 is 1.45 bits per heavy atom. The molecule has 1 aromatic carbocycles. The number of nitrogens with one attached hydrogen (secondary N) is 1. The van der Waals surface area contributed by atoms with Crippen LogP contribution < -0.4 is 4.72 Å². The molecule has 1 aromatic rings. The summed E-state index contributed by atoms with van der Waals surface area (Å²) in [4.78, 5) is 9.44. The molecule has 0 aliphatic rings. The molecule has 7 nitrogen and oxygen atoms in total. The molecule has 10 heteroatoms. The highest BCUT2D eigenvalue weighted by molar-refractivity contribution is 7.89. The molecule has 112 valence electrons. The number of aliphatic hydroxyl groups is 1. The molecule has 0 atom stereocenters. The van der Waals surface area contributed by atoms with Crippen LogP contribution in [0.15, 0.2) is 23.1 Å². The van der Waals surface area contributed by atoms with E-state index in [-0.39, 0.29) is 5.56 Å². The first-order valence-corrected chi connectivity index (χ1v) is 6.81. The predicted octanol–water partition coefficient (Wildman–Crippen LogP) is 0.809. The largest absolute Gasteiger partial charge is 0.390 e. The van der Waals surface area contributed by atoms with Gasteiger partial charge in [0.25, 0.3) is 11.6 Å². The number of hydrogen-bond acceptors (Lipinski definition) is 5. The zero-order valence-electron chi connectivity index (χ0n) is 10.3. The average molecular weight is 310 g/mol. The van der Waals surface area contributed by atoms with Crippen LogP contribution in [0.3, 0.4) is 0 Å². The van der Waals surface area contributed by atoms with E-state index in [1.807, 2.05) is 0 Å². The molecule has 0 aliphatic heterocycles. The van der Waals surface area contributed by atoms with Crippen molar-refractivity contribution in [1.82, 2.24) is 4.72 Å². The fraction of sp³-hybridized carbons (Fsp3) is 0.400. The number of nitro benzene ring substituents is 1. The van der Waals surface area contributed by atoms with Crippen LogP contribution >= 0.6 is 0 Å². The predicted molar refractivity (Wildman–Crippen MR) is 65.1 cm³/mol. The quantitative estimate of drug-likeness (QED) is 0.597. The zero-order chi connectivity index (χ0) is 15.6. The van der Waals surface area contributed by atoms with Gasteiger partial charge in [0.1, 0.15) is 6.61 Å². The Balaban J connectivity index is 3.05.